The van der Waals surface area contributed by atoms with Gasteiger partial charge in [0.05, 0.1) is 28.3 Å². The number of pyridine rings is 3. The van der Waals surface area contributed by atoms with Crippen molar-refractivity contribution in [1.82, 2.24) is 29.1 Å². The number of rotatable bonds is 8. The van der Waals surface area contributed by atoms with Gasteiger partial charge in [-0.05, 0) is 55.8 Å². The molecule has 0 saturated carbocycles. The third-order valence-corrected chi connectivity index (χ3v) is 8.80. The largest absolute Gasteiger partial charge is 0.492 e. The Hall–Kier alpha value is -4.77. The molecule has 0 fully saturated rings. The Kier molecular flexibility index (Phi) is 6.46. The number of para-hydroxylation sites is 1. The Bertz CT molecular complexity index is 1950. The number of anilines is 1. The smallest absolute Gasteiger partial charge is 0.236 e. The van der Waals surface area contributed by atoms with E-state index in [9.17, 15) is 13.5 Å². The van der Waals surface area contributed by atoms with Gasteiger partial charge >= 0.3 is 0 Å². The van der Waals surface area contributed by atoms with Crippen molar-refractivity contribution in [3.63, 3.8) is 0 Å². The second-order valence-electron chi connectivity index (χ2n) is 9.78. The van der Waals surface area contributed by atoms with Gasteiger partial charge in [0.15, 0.2) is 0 Å². The van der Waals surface area contributed by atoms with E-state index in [1.165, 1.54) is 0 Å². The molecule has 11 heteroatoms. The normalized spacial score (nSPS) is 12.3. The number of nitrogens with one attached hydrogen (secondary N) is 1. The number of benzene rings is 1. The molecule has 0 aliphatic heterocycles. The predicted octanol–water partition coefficient (Wildman–Crippen LogP) is 5.05. The lowest BCUT2D eigenvalue weighted by Gasteiger charge is -2.35. The van der Waals surface area contributed by atoms with Crippen LogP contribution in [-0.2, 0) is 22.6 Å². The Balaban J connectivity index is 1.80. The number of aryl methyl sites for hydroxylation is 1. The third kappa shape index (κ3) is 4.20. The number of hydrogen-bond donors (Lipinski definition) is 2. The van der Waals surface area contributed by atoms with Gasteiger partial charge < -0.3 is 14.2 Å². The van der Waals surface area contributed by atoms with Gasteiger partial charge in [-0.25, -0.2) is 18.4 Å². The average molecular weight is 568 g/mol. The van der Waals surface area contributed by atoms with Gasteiger partial charge in [-0.1, -0.05) is 25.1 Å². The van der Waals surface area contributed by atoms with E-state index in [2.05, 4.69) is 21.2 Å². The van der Waals surface area contributed by atoms with Crippen molar-refractivity contribution in [3.05, 3.63) is 96.8 Å². The monoisotopic (exact) mass is 567 g/mol. The molecule has 0 saturated heterocycles. The zero-order chi connectivity index (χ0) is 28.8. The summed E-state index contributed by atoms with van der Waals surface area (Å²) in [6.07, 6.45) is 7.52. The zero-order valence-electron chi connectivity index (χ0n) is 22.9. The molecule has 2 N–H and O–H groups in total. The molecule has 0 atom stereocenters. The second-order valence-corrected chi connectivity index (χ2v) is 11.8. The van der Waals surface area contributed by atoms with Gasteiger partial charge in [0.25, 0.3) is 0 Å². The standard InChI is InChI=1S/C30H29N7O3S/c1-4-30(24-13-6-8-16-31-24,25-14-7-9-17-32-25)37-23-12-10-11-22(35-41(39,40)5-2)26(23)34-28(37)21-19-36(3)27-20(21)15-18-33-29(27)38/h6-19,35H,4-5H2,1-3H3,(H,33,38). The molecular weight excluding hydrogens is 538 g/mol. The predicted molar refractivity (Wildman–Crippen MR) is 159 cm³/mol. The van der Waals surface area contributed by atoms with Gasteiger partial charge in [-0.3, -0.25) is 14.7 Å². The fourth-order valence-corrected chi connectivity index (χ4v) is 6.24. The number of aromatic hydroxyl groups is 1. The number of hydrogen-bond acceptors (Lipinski definition) is 7. The highest BCUT2D eigenvalue weighted by Crippen LogP contribution is 2.44. The Morgan fingerprint density at radius 1 is 0.902 bits per heavy atom. The van der Waals surface area contributed by atoms with Gasteiger partial charge in [0.2, 0.25) is 15.9 Å². The number of nitrogens with zero attached hydrogens (tertiary/aromatic N) is 6. The molecular formula is C30H29N7O3S. The van der Waals surface area contributed by atoms with Crippen LogP contribution in [0.4, 0.5) is 5.69 Å². The van der Waals surface area contributed by atoms with Gasteiger partial charge in [0.1, 0.15) is 22.4 Å². The maximum atomic E-state index is 12.7. The first-order valence-corrected chi connectivity index (χ1v) is 14.9. The molecule has 41 heavy (non-hydrogen) atoms. The van der Waals surface area contributed by atoms with Gasteiger partial charge in [-0.15, -0.1) is 0 Å². The van der Waals surface area contributed by atoms with Crippen LogP contribution in [0.1, 0.15) is 31.7 Å². The first-order valence-electron chi connectivity index (χ1n) is 13.3. The van der Waals surface area contributed by atoms with Crippen molar-refractivity contribution in [2.45, 2.75) is 25.8 Å². The maximum Gasteiger partial charge on any atom is 0.236 e. The number of imidazole rings is 1. The Morgan fingerprint density at radius 3 is 2.22 bits per heavy atom. The highest BCUT2D eigenvalue weighted by Gasteiger charge is 2.41. The maximum absolute atomic E-state index is 12.7. The van der Waals surface area contributed by atoms with Crippen LogP contribution < -0.4 is 4.72 Å². The number of sulfonamides is 1. The van der Waals surface area contributed by atoms with Crippen LogP contribution >= 0.6 is 0 Å². The van der Waals surface area contributed by atoms with Crippen molar-refractivity contribution < 1.29 is 13.5 Å². The fourth-order valence-electron chi connectivity index (χ4n) is 5.60. The van der Waals surface area contributed by atoms with Crippen molar-refractivity contribution in [2.75, 3.05) is 10.5 Å². The molecule has 208 valence electrons. The minimum Gasteiger partial charge on any atom is -0.492 e. The summed E-state index contributed by atoms with van der Waals surface area (Å²) in [6.45, 7) is 3.66. The SMILES string of the molecule is CCC(c1ccccn1)(c1ccccn1)n1c(-c2cn(C)c3c(O)nccc23)nc2c(NS(=O)(=O)CC)cccc21. The average Bonchev–Trinajstić information content (AvgIpc) is 3.54. The molecule has 6 aromatic rings. The van der Waals surface area contributed by atoms with E-state index >= 15 is 0 Å². The van der Waals surface area contributed by atoms with Crippen LogP contribution in [0.5, 0.6) is 5.88 Å². The summed E-state index contributed by atoms with van der Waals surface area (Å²) in [5.41, 5.74) is 3.45. The van der Waals surface area contributed by atoms with Crippen LogP contribution in [0.2, 0.25) is 0 Å². The first kappa shape index (κ1) is 26.5. The molecule has 6 rings (SSSR count). The molecule has 0 aliphatic rings. The van der Waals surface area contributed by atoms with Crippen molar-refractivity contribution >= 4 is 37.6 Å². The fraction of sp³-hybridized carbons (Fsp3) is 0.200. The van der Waals surface area contributed by atoms with Crippen LogP contribution in [0, 0.1) is 0 Å². The first-order chi connectivity index (χ1) is 19.8. The van der Waals surface area contributed by atoms with Crippen LogP contribution in [-0.4, -0.2) is 48.3 Å². The van der Waals surface area contributed by atoms with Gasteiger partial charge in [0, 0.05) is 42.8 Å². The molecule has 0 aliphatic carbocycles. The highest BCUT2D eigenvalue weighted by atomic mass is 32.2. The van der Waals surface area contributed by atoms with Crippen LogP contribution in [0.25, 0.3) is 33.3 Å². The molecule has 5 heterocycles. The molecule has 0 unspecified atom stereocenters. The minimum absolute atomic E-state index is 0.0761. The molecule has 0 spiro atoms. The van der Waals surface area contributed by atoms with E-state index in [0.717, 1.165) is 22.3 Å². The molecule has 5 aromatic heterocycles. The van der Waals surface area contributed by atoms with Gasteiger partial charge in [-0.2, -0.15) is 0 Å². The third-order valence-electron chi connectivity index (χ3n) is 7.51. The van der Waals surface area contributed by atoms with Crippen LogP contribution in [0.15, 0.2) is 85.5 Å². The summed E-state index contributed by atoms with van der Waals surface area (Å²) in [4.78, 5) is 18.8. The molecule has 0 radical (unpaired) electrons. The molecule has 10 nitrogen and oxygen atoms in total. The lowest BCUT2D eigenvalue weighted by atomic mass is 9.85. The topological polar surface area (TPSA) is 128 Å². The summed E-state index contributed by atoms with van der Waals surface area (Å²) < 4.78 is 32.0. The van der Waals surface area contributed by atoms with Crippen molar-refractivity contribution in [3.8, 4) is 17.3 Å². The molecule has 0 amide bonds. The van der Waals surface area contributed by atoms with E-state index in [0.29, 0.717) is 34.5 Å². The summed E-state index contributed by atoms with van der Waals surface area (Å²) in [7, 11) is -1.74. The Morgan fingerprint density at radius 2 is 1.61 bits per heavy atom. The summed E-state index contributed by atoms with van der Waals surface area (Å²) >= 11 is 0. The van der Waals surface area contributed by atoms with E-state index in [-0.39, 0.29) is 11.6 Å². The quantitative estimate of drug-likeness (QED) is 0.263. The number of fused-ring (bicyclic) bond motifs is 2. The van der Waals surface area contributed by atoms with E-state index in [1.807, 2.05) is 72.4 Å². The lowest BCUT2D eigenvalue weighted by molar-refractivity contribution is 0.407. The van der Waals surface area contributed by atoms with Crippen molar-refractivity contribution in [1.29, 1.82) is 0 Å². The number of aromatic nitrogens is 6. The van der Waals surface area contributed by atoms with E-state index in [4.69, 9.17) is 15.0 Å². The second kappa shape index (κ2) is 10.0. The van der Waals surface area contributed by atoms with Crippen LogP contribution in [0.3, 0.4) is 0 Å². The minimum atomic E-state index is -3.58. The summed E-state index contributed by atoms with van der Waals surface area (Å²) in [5.74, 6) is 0.400. The van der Waals surface area contributed by atoms with E-state index in [1.54, 1.807) is 31.6 Å². The van der Waals surface area contributed by atoms with E-state index < -0.39 is 15.6 Å². The van der Waals surface area contributed by atoms with Crippen molar-refractivity contribution in [2.24, 2.45) is 7.05 Å². The lowest BCUT2D eigenvalue weighted by Crippen LogP contribution is -2.38. The zero-order valence-corrected chi connectivity index (χ0v) is 23.7. The highest BCUT2D eigenvalue weighted by molar-refractivity contribution is 7.92. The summed E-state index contributed by atoms with van der Waals surface area (Å²) in [5, 5.41) is 11.4. The summed E-state index contributed by atoms with van der Waals surface area (Å²) in [6, 6.07) is 18.8. The Labute approximate surface area is 237 Å². The molecule has 0 bridgehead atoms. The molecule has 1 aromatic carbocycles.